The number of hydrogen-bond donors (Lipinski definition) is 1. The Hall–Kier alpha value is -0.0400. The predicted molar refractivity (Wildman–Crippen MR) is 67.9 cm³/mol. The maximum atomic E-state index is 5.71. The Bertz CT molecular complexity index is 138. The van der Waals surface area contributed by atoms with Crippen LogP contribution in [-0.2, 0) is 0 Å². The molecule has 1 aliphatic carbocycles. The van der Waals surface area contributed by atoms with Gasteiger partial charge in [-0.1, -0.05) is 64.2 Å². The summed E-state index contributed by atoms with van der Waals surface area (Å²) >= 11 is 0. The Morgan fingerprint density at radius 1 is 1.00 bits per heavy atom. The van der Waals surface area contributed by atoms with Crippen molar-refractivity contribution in [3.8, 4) is 0 Å². The number of unbranched alkanes of at least 4 members (excludes halogenated alkanes) is 5. The molecule has 0 aromatic heterocycles. The first kappa shape index (κ1) is 13.0. The highest BCUT2D eigenvalue weighted by Crippen LogP contribution is 2.31. The van der Waals surface area contributed by atoms with Crippen LogP contribution in [0.1, 0.15) is 77.6 Å². The van der Waals surface area contributed by atoms with Crippen molar-refractivity contribution < 1.29 is 0 Å². The summed E-state index contributed by atoms with van der Waals surface area (Å²) in [5, 5.41) is 0. The van der Waals surface area contributed by atoms with E-state index in [0.717, 1.165) is 5.92 Å². The monoisotopic (exact) mass is 211 g/mol. The maximum Gasteiger partial charge on any atom is 0.00104 e. The zero-order valence-corrected chi connectivity index (χ0v) is 10.5. The van der Waals surface area contributed by atoms with Gasteiger partial charge in [-0.05, 0) is 19.3 Å². The summed E-state index contributed by atoms with van der Waals surface area (Å²) < 4.78 is 0. The average molecular weight is 211 g/mol. The van der Waals surface area contributed by atoms with Crippen molar-refractivity contribution in [2.75, 3.05) is 0 Å². The van der Waals surface area contributed by atoms with Crippen LogP contribution in [-0.4, -0.2) is 6.04 Å². The smallest absolute Gasteiger partial charge is 0.00104 e. The Kier molecular flexibility index (Phi) is 7.08. The van der Waals surface area contributed by atoms with Crippen LogP contribution in [0, 0.1) is 5.92 Å². The minimum atomic E-state index is 0.406. The molecule has 0 aromatic carbocycles. The molecule has 0 aliphatic heterocycles. The third-order valence-corrected chi connectivity index (χ3v) is 3.75. The first-order valence-electron chi connectivity index (χ1n) is 7.04. The highest BCUT2D eigenvalue weighted by atomic mass is 14.6. The Morgan fingerprint density at radius 2 is 1.60 bits per heavy atom. The quantitative estimate of drug-likeness (QED) is 0.567. The van der Waals surface area contributed by atoms with E-state index in [1.165, 1.54) is 70.6 Å². The van der Waals surface area contributed by atoms with Crippen LogP contribution in [0.25, 0.3) is 0 Å². The molecule has 1 aliphatic rings. The van der Waals surface area contributed by atoms with Crippen LogP contribution in [0.15, 0.2) is 0 Å². The second-order valence-corrected chi connectivity index (χ2v) is 5.47. The maximum absolute atomic E-state index is 5.71. The molecule has 0 bridgehead atoms. The van der Waals surface area contributed by atoms with Gasteiger partial charge in [-0.25, -0.2) is 0 Å². The second-order valence-electron chi connectivity index (χ2n) is 5.47. The SMILES string of the molecule is CC(N)CCCCCCCCC1CCC1. The van der Waals surface area contributed by atoms with Gasteiger partial charge in [-0.2, -0.15) is 0 Å². The summed E-state index contributed by atoms with van der Waals surface area (Å²) in [5.74, 6) is 1.11. The summed E-state index contributed by atoms with van der Waals surface area (Å²) in [6.45, 7) is 2.11. The van der Waals surface area contributed by atoms with Crippen molar-refractivity contribution >= 4 is 0 Å². The van der Waals surface area contributed by atoms with Gasteiger partial charge in [-0.3, -0.25) is 0 Å². The van der Waals surface area contributed by atoms with Gasteiger partial charge in [0.1, 0.15) is 0 Å². The van der Waals surface area contributed by atoms with Crippen LogP contribution < -0.4 is 5.73 Å². The Labute approximate surface area is 95.8 Å². The predicted octanol–water partition coefficient (Wildman–Crippen LogP) is 4.25. The molecule has 0 aromatic rings. The van der Waals surface area contributed by atoms with E-state index in [9.17, 15) is 0 Å². The Morgan fingerprint density at radius 3 is 2.13 bits per heavy atom. The molecule has 1 nitrogen and oxygen atoms in total. The van der Waals surface area contributed by atoms with E-state index < -0.39 is 0 Å². The van der Waals surface area contributed by atoms with E-state index in [2.05, 4.69) is 6.92 Å². The van der Waals surface area contributed by atoms with E-state index in [1.807, 2.05) is 0 Å². The fourth-order valence-corrected chi connectivity index (χ4v) is 2.39. The molecule has 0 spiro atoms. The third kappa shape index (κ3) is 6.94. The van der Waals surface area contributed by atoms with Gasteiger partial charge < -0.3 is 5.73 Å². The molecule has 2 N–H and O–H groups in total. The highest BCUT2D eigenvalue weighted by molar-refractivity contribution is 4.69. The molecule has 1 unspecified atom stereocenters. The van der Waals surface area contributed by atoms with Crippen LogP contribution >= 0.6 is 0 Å². The first-order chi connectivity index (χ1) is 7.29. The van der Waals surface area contributed by atoms with Crippen LogP contribution in [0.2, 0.25) is 0 Å². The minimum absolute atomic E-state index is 0.406. The largest absolute Gasteiger partial charge is 0.328 e. The molecule has 1 saturated carbocycles. The molecular weight excluding hydrogens is 182 g/mol. The molecule has 0 radical (unpaired) electrons. The van der Waals surface area contributed by atoms with Crippen molar-refractivity contribution in [1.82, 2.24) is 0 Å². The van der Waals surface area contributed by atoms with Gasteiger partial charge in [0.2, 0.25) is 0 Å². The van der Waals surface area contributed by atoms with E-state index in [-0.39, 0.29) is 0 Å². The molecule has 15 heavy (non-hydrogen) atoms. The number of hydrogen-bond acceptors (Lipinski definition) is 1. The van der Waals surface area contributed by atoms with Crippen molar-refractivity contribution in [3.05, 3.63) is 0 Å². The van der Waals surface area contributed by atoms with Crippen LogP contribution in [0.4, 0.5) is 0 Å². The lowest BCUT2D eigenvalue weighted by atomic mass is 9.81. The molecule has 1 heteroatoms. The van der Waals surface area contributed by atoms with Crippen LogP contribution in [0.3, 0.4) is 0 Å². The van der Waals surface area contributed by atoms with E-state index in [1.54, 1.807) is 0 Å². The summed E-state index contributed by atoms with van der Waals surface area (Å²) in [6.07, 6.45) is 15.8. The van der Waals surface area contributed by atoms with E-state index in [4.69, 9.17) is 5.73 Å². The molecule has 1 fully saturated rings. The normalized spacial score (nSPS) is 18.8. The summed E-state index contributed by atoms with van der Waals surface area (Å²) in [7, 11) is 0. The van der Waals surface area contributed by atoms with Gasteiger partial charge in [-0.15, -0.1) is 0 Å². The third-order valence-electron chi connectivity index (χ3n) is 3.75. The minimum Gasteiger partial charge on any atom is -0.328 e. The number of nitrogens with two attached hydrogens (primary N) is 1. The van der Waals surface area contributed by atoms with Gasteiger partial charge in [0, 0.05) is 6.04 Å². The summed E-state index contributed by atoms with van der Waals surface area (Å²) in [6, 6.07) is 0.406. The zero-order chi connectivity index (χ0) is 10.9. The van der Waals surface area contributed by atoms with Gasteiger partial charge in [0.15, 0.2) is 0 Å². The lowest BCUT2D eigenvalue weighted by molar-refractivity contribution is 0.286. The lowest BCUT2D eigenvalue weighted by Gasteiger charge is -2.24. The van der Waals surface area contributed by atoms with Crippen molar-refractivity contribution in [2.45, 2.75) is 83.6 Å². The van der Waals surface area contributed by atoms with Gasteiger partial charge in [0.25, 0.3) is 0 Å². The molecular formula is C14H29N. The molecule has 0 heterocycles. The fourth-order valence-electron chi connectivity index (χ4n) is 2.39. The summed E-state index contributed by atoms with van der Waals surface area (Å²) in [5.41, 5.74) is 5.71. The van der Waals surface area contributed by atoms with E-state index >= 15 is 0 Å². The topological polar surface area (TPSA) is 26.0 Å². The Balaban J connectivity index is 1.69. The van der Waals surface area contributed by atoms with Gasteiger partial charge in [0.05, 0.1) is 0 Å². The zero-order valence-electron chi connectivity index (χ0n) is 10.5. The van der Waals surface area contributed by atoms with Gasteiger partial charge >= 0.3 is 0 Å². The molecule has 1 rings (SSSR count). The summed E-state index contributed by atoms with van der Waals surface area (Å²) in [4.78, 5) is 0. The second kappa shape index (κ2) is 8.15. The van der Waals surface area contributed by atoms with E-state index in [0.29, 0.717) is 6.04 Å². The highest BCUT2D eigenvalue weighted by Gasteiger charge is 2.15. The molecule has 90 valence electrons. The standard InChI is InChI=1S/C14H29N/c1-13(15)9-6-4-2-3-5-7-10-14-11-8-12-14/h13-14H,2-12,15H2,1H3. The fraction of sp³-hybridized carbons (Fsp3) is 1.00. The van der Waals surface area contributed by atoms with Crippen molar-refractivity contribution in [3.63, 3.8) is 0 Å². The van der Waals surface area contributed by atoms with Crippen LogP contribution in [0.5, 0.6) is 0 Å². The molecule has 1 atom stereocenters. The van der Waals surface area contributed by atoms with Crippen molar-refractivity contribution in [2.24, 2.45) is 11.7 Å². The molecule has 0 amide bonds. The number of rotatable bonds is 9. The van der Waals surface area contributed by atoms with Crippen molar-refractivity contribution in [1.29, 1.82) is 0 Å². The first-order valence-corrected chi connectivity index (χ1v) is 7.04. The lowest BCUT2D eigenvalue weighted by Crippen LogP contribution is -2.13. The molecule has 0 saturated heterocycles. The average Bonchev–Trinajstić information content (AvgIpc) is 2.12.